The van der Waals surface area contributed by atoms with Gasteiger partial charge in [0.15, 0.2) is 0 Å². The van der Waals surface area contributed by atoms with Crippen molar-refractivity contribution in [2.75, 3.05) is 6.54 Å². The number of nitrogens with one attached hydrogen (secondary N) is 1. The molecular weight excluding hydrogens is 510 g/mol. The van der Waals surface area contributed by atoms with Gasteiger partial charge in [0, 0.05) is 47.2 Å². The lowest BCUT2D eigenvalue weighted by Crippen LogP contribution is -2.57. The van der Waals surface area contributed by atoms with Crippen LogP contribution in [-0.2, 0) is 5.60 Å². The number of halogens is 2. The van der Waals surface area contributed by atoms with Gasteiger partial charge in [0.1, 0.15) is 17.0 Å². The van der Waals surface area contributed by atoms with E-state index >= 15 is 0 Å². The number of hydrogen-bond donors (Lipinski definition) is 2. The van der Waals surface area contributed by atoms with Crippen LogP contribution in [0.1, 0.15) is 74.9 Å². The molecule has 2 N–H and O–H groups in total. The highest BCUT2D eigenvalue weighted by atomic mass is 19.3. The van der Waals surface area contributed by atoms with Crippen LogP contribution in [0.25, 0.3) is 11.2 Å². The molecular formula is C32H36F2N4O2. The van der Waals surface area contributed by atoms with Crippen LogP contribution in [0.5, 0.6) is 5.75 Å². The third kappa shape index (κ3) is 4.47. The standard InChI is InChI=1S/C32H36F2N4O2/c1-5-20(16-35-19(3)13-23-17-36-32(23)14-22(32)6-2)21-11-12-27-37-29-28(38(27)18-21)25(15-31(29,4)39)24-9-7-8-10-26(24)40-30(33)34/h5,7-12,16,18,22-23,25,30,36,39H,1,6,13-15,17H2,2-4H3/b20-16+,35-19?/t22-,23-,25-,31?,32?/m1/s1. The SMILES string of the molecule is C=C/C(=C\N=C(C)C[C@@H]1CNC12C[C@H]2CC)c1ccc2nc3c(n2c1)[C@@H](c1ccccc1OC(F)F)CC3(C)O. The maximum atomic E-state index is 13.2. The van der Waals surface area contributed by atoms with E-state index in [9.17, 15) is 13.9 Å². The number of aliphatic hydroxyl groups is 1. The van der Waals surface area contributed by atoms with E-state index in [0.29, 0.717) is 34.8 Å². The molecule has 1 aromatic carbocycles. The van der Waals surface area contributed by atoms with Crippen molar-refractivity contribution in [2.45, 2.75) is 70.1 Å². The number of alkyl halides is 2. The van der Waals surface area contributed by atoms with Crippen molar-refractivity contribution >= 4 is 16.9 Å². The monoisotopic (exact) mass is 546 g/mol. The van der Waals surface area contributed by atoms with Gasteiger partial charge < -0.3 is 19.6 Å². The molecule has 3 aliphatic rings. The molecule has 3 aromatic rings. The summed E-state index contributed by atoms with van der Waals surface area (Å²) in [7, 11) is 0. The van der Waals surface area contributed by atoms with Crippen LogP contribution in [0.15, 0.2) is 66.4 Å². The average molecular weight is 547 g/mol. The van der Waals surface area contributed by atoms with Crippen molar-refractivity contribution in [2.24, 2.45) is 16.8 Å². The summed E-state index contributed by atoms with van der Waals surface area (Å²) in [5.74, 6) is 1.17. The number of hydrogen-bond acceptors (Lipinski definition) is 5. The van der Waals surface area contributed by atoms with Crippen LogP contribution in [0.2, 0.25) is 0 Å². The summed E-state index contributed by atoms with van der Waals surface area (Å²) in [6, 6.07) is 10.6. The molecule has 2 fully saturated rings. The minimum absolute atomic E-state index is 0.105. The van der Waals surface area contributed by atoms with Gasteiger partial charge in [0.25, 0.3) is 0 Å². The molecule has 5 atom stereocenters. The second-order valence-corrected chi connectivity index (χ2v) is 11.7. The Morgan fingerprint density at radius 2 is 2.08 bits per heavy atom. The lowest BCUT2D eigenvalue weighted by molar-refractivity contribution is -0.0506. The molecule has 1 spiro atoms. The second kappa shape index (κ2) is 9.93. The molecule has 2 unspecified atom stereocenters. The fourth-order valence-corrected chi connectivity index (χ4v) is 6.95. The molecule has 1 aliphatic heterocycles. The molecule has 0 radical (unpaired) electrons. The lowest BCUT2D eigenvalue weighted by atomic mass is 9.82. The highest BCUT2D eigenvalue weighted by Crippen LogP contribution is 2.56. The largest absolute Gasteiger partial charge is 0.435 e. The third-order valence-corrected chi connectivity index (χ3v) is 9.18. The summed E-state index contributed by atoms with van der Waals surface area (Å²) >= 11 is 0. The van der Waals surface area contributed by atoms with E-state index in [1.165, 1.54) is 18.9 Å². The minimum Gasteiger partial charge on any atom is -0.435 e. The fraction of sp³-hybridized carbons (Fsp3) is 0.438. The van der Waals surface area contributed by atoms with Crippen molar-refractivity contribution in [3.05, 3.63) is 84.0 Å². The predicted molar refractivity (Wildman–Crippen MR) is 153 cm³/mol. The average Bonchev–Trinajstić information content (AvgIpc) is 3.50. The van der Waals surface area contributed by atoms with Gasteiger partial charge in [0.2, 0.25) is 0 Å². The zero-order chi connectivity index (χ0) is 28.2. The number of ether oxygens (including phenoxy) is 1. The van der Waals surface area contributed by atoms with E-state index in [0.717, 1.165) is 41.4 Å². The number of rotatable bonds is 9. The van der Waals surface area contributed by atoms with E-state index in [-0.39, 0.29) is 11.7 Å². The van der Waals surface area contributed by atoms with Crippen LogP contribution in [0.3, 0.4) is 0 Å². The molecule has 0 bridgehead atoms. The van der Waals surface area contributed by atoms with E-state index in [2.05, 4.69) is 25.7 Å². The smallest absolute Gasteiger partial charge is 0.387 e. The molecule has 210 valence electrons. The van der Waals surface area contributed by atoms with Crippen LogP contribution in [0, 0.1) is 11.8 Å². The van der Waals surface area contributed by atoms with Gasteiger partial charge in [0.05, 0.1) is 11.4 Å². The molecule has 1 saturated heterocycles. The summed E-state index contributed by atoms with van der Waals surface area (Å²) in [5, 5.41) is 14.9. The van der Waals surface area contributed by atoms with Crippen molar-refractivity contribution in [3.8, 4) is 5.75 Å². The first-order valence-electron chi connectivity index (χ1n) is 14.1. The first kappa shape index (κ1) is 26.8. The number of aliphatic imine (C=N–C) groups is 1. The van der Waals surface area contributed by atoms with Crippen molar-refractivity contribution in [1.82, 2.24) is 14.7 Å². The predicted octanol–water partition coefficient (Wildman–Crippen LogP) is 6.44. The van der Waals surface area contributed by atoms with Crippen molar-refractivity contribution < 1.29 is 18.6 Å². The van der Waals surface area contributed by atoms with Crippen LogP contribution in [0.4, 0.5) is 8.78 Å². The van der Waals surface area contributed by atoms with Crippen molar-refractivity contribution in [3.63, 3.8) is 0 Å². The fourth-order valence-electron chi connectivity index (χ4n) is 6.95. The van der Waals surface area contributed by atoms with Crippen molar-refractivity contribution in [1.29, 1.82) is 0 Å². The summed E-state index contributed by atoms with van der Waals surface area (Å²) in [6.45, 7) is 8.21. The number of para-hydroxylation sites is 1. The summed E-state index contributed by atoms with van der Waals surface area (Å²) in [4.78, 5) is 9.55. The summed E-state index contributed by atoms with van der Waals surface area (Å²) in [6.07, 6.45) is 9.41. The molecule has 0 amide bonds. The van der Waals surface area contributed by atoms with Gasteiger partial charge in [-0.1, -0.05) is 44.2 Å². The van der Waals surface area contributed by atoms with E-state index in [1.807, 2.05) is 28.9 Å². The number of allylic oxidation sites excluding steroid dienone is 2. The molecule has 6 rings (SSSR count). The third-order valence-electron chi connectivity index (χ3n) is 9.18. The zero-order valence-corrected chi connectivity index (χ0v) is 23.2. The lowest BCUT2D eigenvalue weighted by Gasteiger charge is -2.40. The quantitative estimate of drug-likeness (QED) is 0.239. The van der Waals surface area contributed by atoms with E-state index in [4.69, 9.17) is 14.7 Å². The van der Waals surface area contributed by atoms with Gasteiger partial charge in [-0.2, -0.15) is 8.78 Å². The molecule has 2 aromatic heterocycles. The number of nitrogens with zero attached hydrogens (tertiary/aromatic N) is 3. The van der Waals surface area contributed by atoms with Gasteiger partial charge in [-0.15, -0.1) is 0 Å². The Morgan fingerprint density at radius 3 is 2.75 bits per heavy atom. The van der Waals surface area contributed by atoms with Crippen LogP contribution < -0.4 is 10.1 Å². The second-order valence-electron chi connectivity index (χ2n) is 11.7. The van der Waals surface area contributed by atoms with Crippen LogP contribution >= 0.6 is 0 Å². The van der Waals surface area contributed by atoms with Gasteiger partial charge in [-0.05, 0) is 68.7 Å². The number of pyridine rings is 1. The number of aromatic nitrogens is 2. The Kier molecular flexibility index (Phi) is 6.66. The summed E-state index contributed by atoms with van der Waals surface area (Å²) in [5.41, 5.74) is 4.59. The molecule has 3 heterocycles. The topological polar surface area (TPSA) is 71.2 Å². The first-order valence-corrected chi connectivity index (χ1v) is 14.1. The zero-order valence-electron chi connectivity index (χ0n) is 23.2. The molecule has 2 aliphatic carbocycles. The van der Waals surface area contributed by atoms with Crippen LogP contribution in [-0.4, -0.2) is 38.9 Å². The Morgan fingerprint density at radius 1 is 1.27 bits per heavy atom. The Labute approximate surface area is 233 Å². The highest BCUT2D eigenvalue weighted by molar-refractivity contribution is 5.85. The molecule has 8 heteroatoms. The Balaban J connectivity index is 1.33. The van der Waals surface area contributed by atoms with E-state index < -0.39 is 12.2 Å². The normalized spacial score (nSPS) is 29.6. The Hall–Kier alpha value is -3.36. The summed E-state index contributed by atoms with van der Waals surface area (Å²) < 4.78 is 33.2. The Bertz CT molecular complexity index is 1520. The van der Waals surface area contributed by atoms with Gasteiger partial charge in [-0.3, -0.25) is 4.99 Å². The number of fused-ring (bicyclic) bond motifs is 3. The maximum Gasteiger partial charge on any atom is 0.387 e. The number of benzene rings is 1. The van der Waals surface area contributed by atoms with Gasteiger partial charge in [-0.25, -0.2) is 4.98 Å². The molecule has 40 heavy (non-hydrogen) atoms. The van der Waals surface area contributed by atoms with E-state index in [1.54, 1.807) is 31.2 Å². The highest BCUT2D eigenvalue weighted by Gasteiger charge is 2.62. The molecule has 6 nitrogen and oxygen atoms in total. The maximum absolute atomic E-state index is 13.2. The molecule has 1 saturated carbocycles. The first-order chi connectivity index (χ1) is 19.2. The van der Waals surface area contributed by atoms with Gasteiger partial charge >= 0.3 is 6.61 Å². The minimum atomic E-state index is -2.94. The number of imidazole rings is 1.